The maximum atomic E-state index is 11.7. The lowest BCUT2D eigenvalue weighted by Gasteiger charge is -2.06. The van der Waals surface area contributed by atoms with E-state index in [9.17, 15) is 4.79 Å². The zero-order valence-electron chi connectivity index (χ0n) is 11.5. The van der Waals surface area contributed by atoms with E-state index in [1.165, 1.54) is 0 Å². The zero-order valence-corrected chi connectivity index (χ0v) is 11.5. The molecule has 4 nitrogen and oxygen atoms in total. The molecule has 0 aliphatic rings. The van der Waals surface area contributed by atoms with Crippen LogP contribution in [0.15, 0.2) is 24.3 Å². The first-order valence-corrected chi connectivity index (χ1v) is 6.81. The summed E-state index contributed by atoms with van der Waals surface area (Å²) in [5.41, 5.74) is 0.797. The summed E-state index contributed by atoms with van der Waals surface area (Å²) < 4.78 is 5.06. The first kappa shape index (κ1) is 15.5. The molecule has 0 saturated carbocycles. The summed E-state index contributed by atoms with van der Waals surface area (Å²) in [7, 11) is 1.62. The number of aliphatic hydroxyl groups is 1. The number of carbonyl (C=O) groups excluding carboxylic acids is 1. The summed E-state index contributed by atoms with van der Waals surface area (Å²) >= 11 is 0. The molecule has 1 aromatic rings. The van der Waals surface area contributed by atoms with Crippen molar-refractivity contribution < 1.29 is 14.6 Å². The van der Waals surface area contributed by atoms with Gasteiger partial charge in [0.1, 0.15) is 5.75 Å². The van der Waals surface area contributed by atoms with E-state index in [0.717, 1.165) is 43.5 Å². The standard InChI is InChI=1S/C15H23NO3/c1-19-14-10-8-13(9-11-14)16-15(18)7-5-3-2-4-6-12-17/h8-11,17H,2-7,12H2,1H3,(H,16,18). The van der Waals surface area contributed by atoms with Gasteiger partial charge in [0.25, 0.3) is 0 Å². The van der Waals surface area contributed by atoms with Gasteiger partial charge in [-0.25, -0.2) is 0 Å². The van der Waals surface area contributed by atoms with Crippen LogP contribution in [0.5, 0.6) is 5.75 Å². The summed E-state index contributed by atoms with van der Waals surface area (Å²) in [4.78, 5) is 11.7. The molecule has 0 aliphatic carbocycles. The normalized spacial score (nSPS) is 10.2. The first-order chi connectivity index (χ1) is 9.26. The molecule has 106 valence electrons. The predicted molar refractivity (Wildman–Crippen MR) is 76.4 cm³/mol. The van der Waals surface area contributed by atoms with Gasteiger partial charge in [0.15, 0.2) is 0 Å². The van der Waals surface area contributed by atoms with Crippen LogP contribution in [-0.2, 0) is 4.79 Å². The third-order valence-electron chi connectivity index (χ3n) is 2.94. The topological polar surface area (TPSA) is 58.6 Å². The van der Waals surface area contributed by atoms with Crippen LogP contribution in [0.25, 0.3) is 0 Å². The van der Waals surface area contributed by atoms with Crippen molar-refractivity contribution in [2.45, 2.75) is 38.5 Å². The highest BCUT2D eigenvalue weighted by atomic mass is 16.5. The molecule has 1 amide bonds. The van der Waals surface area contributed by atoms with E-state index in [1.54, 1.807) is 7.11 Å². The van der Waals surface area contributed by atoms with Gasteiger partial charge in [-0.1, -0.05) is 19.3 Å². The smallest absolute Gasteiger partial charge is 0.224 e. The third-order valence-corrected chi connectivity index (χ3v) is 2.94. The Morgan fingerprint density at radius 1 is 1.11 bits per heavy atom. The molecule has 0 saturated heterocycles. The Morgan fingerprint density at radius 2 is 1.74 bits per heavy atom. The molecule has 2 N–H and O–H groups in total. The number of methoxy groups -OCH3 is 1. The highest BCUT2D eigenvalue weighted by Crippen LogP contribution is 2.15. The van der Waals surface area contributed by atoms with Crippen LogP contribution in [0, 0.1) is 0 Å². The second-order valence-corrected chi connectivity index (χ2v) is 4.52. The number of hydrogen-bond acceptors (Lipinski definition) is 3. The van der Waals surface area contributed by atoms with Crippen LogP contribution in [0.3, 0.4) is 0 Å². The van der Waals surface area contributed by atoms with Crippen molar-refractivity contribution >= 4 is 11.6 Å². The molecule has 0 heterocycles. The minimum atomic E-state index is 0.0484. The number of nitrogens with one attached hydrogen (secondary N) is 1. The lowest BCUT2D eigenvalue weighted by molar-refractivity contribution is -0.116. The summed E-state index contributed by atoms with van der Waals surface area (Å²) in [6, 6.07) is 7.31. The number of unbranched alkanes of at least 4 members (excludes halogenated alkanes) is 4. The van der Waals surface area contributed by atoms with Gasteiger partial charge in [0.05, 0.1) is 7.11 Å². The predicted octanol–water partition coefficient (Wildman–Crippen LogP) is 2.97. The number of hydrogen-bond donors (Lipinski definition) is 2. The van der Waals surface area contributed by atoms with Crippen molar-refractivity contribution in [2.24, 2.45) is 0 Å². The Labute approximate surface area is 114 Å². The van der Waals surface area contributed by atoms with E-state index in [2.05, 4.69) is 5.32 Å². The lowest BCUT2D eigenvalue weighted by Crippen LogP contribution is -2.10. The molecular formula is C15H23NO3. The molecule has 0 fully saturated rings. The second kappa shape index (κ2) is 9.39. The zero-order chi connectivity index (χ0) is 13.9. The molecular weight excluding hydrogens is 242 g/mol. The SMILES string of the molecule is COc1ccc(NC(=O)CCCCCCCO)cc1. The largest absolute Gasteiger partial charge is 0.497 e. The quantitative estimate of drug-likeness (QED) is 0.675. The fraction of sp³-hybridized carbons (Fsp3) is 0.533. The van der Waals surface area contributed by atoms with Crippen molar-refractivity contribution in [1.29, 1.82) is 0 Å². The minimum Gasteiger partial charge on any atom is -0.497 e. The summed E-state index contributed by atoms with van der Waals surface area (Å²) in [6.07, 6.45) is 5.46. The van der Waals surface area contributed by atoms with Gasteiger partial charge in [-0.2, -0.15) is 0 Å². The summed E-state index contributed by atoms with van der Waals surface area (Å²) in [5.74, 6) is 0.828. The van der Waals surface area contributed by atoms with E-state index < -0.39 is 0 Å². The van der Waals surface area contributed by atoms with E-state index in [-0.39, 0.29) is 12.5 Å². The number of anilines is 1. The molecule has 19 heavy (non-hydrogen) atoms. The molecule has 0 unspecified atom stereocenters. The molecule has 0 aromatic heterocycles. The van der Waals surface area contributed by atoms with Gasteiger partial charge in [0.2, 0.25) is 5.91 Å². The van der Waals surface area contributed by atoms with E-state index in [1.807, 2.05) is 24.3 Å². The Balaban J connectivity index is 2.16. The van der Waals surface area contributed by atoms with Crippen LogP contribution < -0.4 is 10.1 Å². The average molecular weight is 265 g/mol. The Bertz CT molecular complexity index is 362. The molecule has 4 heteroatoms. The Morgan fingerprint density at radius 3 is 2.37 bits per heavy atom. The fourth-order valence-corrected chi connectivity index (χ4v) is 1.83. The first-order valence-electron chi connectivity index (χ1n) is 6.81. The van der Waals surface area contributed by atoms with Crippen LogP contribution in [0.2, 0.25) is 0 Å². The monoisotopic (exact) mass is 265 g/mol. The van der Waals surface area contributed by atoms with Gasteiger partial charge in [0, 0.05) is 18.7 Å². The van der Waals surface area contributed by atoms with Crippen molar-refractivity contribution in [2.75, 3.05) is 19.0 Å². The Hall–Kier alpha value is -1.55. The minimum absolute atomic E-state index is 0.0484. The molecule has 0 bridgehead atoms. The van der Waals surface area contributed by atoms with E-state index in [0.29, 0.717) is 6.42 Å². The highest BCUT2D eigenvalue weighted by molar-refractivity contribution is 5.90. The van der Waals surface area contributed by atoms with E-state index >= 15 is 0 Å². The second-order valence-electron chi connectivity index (χ2n) is 4.52. The molecule has 0 radical (unpaired) electrons. The van der Waals surface area contributed by atoms with Crippen molar-refractivity contribution in [3.05, 3.63) is 24.3 Å². The fourth-order valence-electron chi connectivity index (χ4n) is 1.83. The number of amides is 1. The van der Waals surface area contributed by atoms with Crippen molar-refractivity contribution in [1.82, 2.24) is 0 Å². The number of benzene rings is 1. The average Bonchev–Trinajstić information content (AvgIpc) is 2.43. The molecule has 1 rings (SSSR count). The maximum Gasteiger partial charge on any atom is 0.224 e. The van der Waals surface area contributed by atoms with Gasteiger partial charge < -0.3 is 15.2 Å². The Kier molecular flexibility index (Phi) is 7.66. The number of carbonyl (C=O) groups is 1. The molecule has 0 spiro atoms. The molecule has 0 aliphatic heterocycles. The third kappa shape index (κ3) is 6.82. The van der Waals surface area contributed by atoms with Gasteiger partial charge in [-0.3, -0.25) is 4.79 Å². The summed E-state index contributed by atoms with van der Waals surface area (Å²) in [6.45, 7) is 0.262. The van der Waals surface area contributed by atoms with E-state index in [4.69, 9.17) is 9.84 Å². The molecule has 1 aromatic carbocycles. The number of rotatable bonds is 9. The van der Waals surface area contributed by atoms with Crippen molar-refractivity contribution in [3.8, 4) is 5.75 Å². The number of aliphatic hydroxyl groups excluding tert-OH is 1. The van der Waals surface area contributed by atoms with Crippen LogP contribution in [-0.4, -0.2) is 24.7 Å². The van der Waals surface area contributed by atoms with Gasteiger partial charge in [-0.05, 0) is 37.1 Å². The number of ether oxygens (including phenoxy) is 1. The van der Waals surface area contributed by atoms with Crippen molar-refractivity contribution in [3.63, 3.8) is 0 Å². The molecule has 0 atom stereocenters. The van der Waals surface area contributed by atoms with Crippen LogP contribution >= 0.6 is 0 Å². The van der Waals surface area contributed by atoms with Gasteiger partial charge in [-0.15, -0.1) is 0 Å². The van der Waals surface area contributed by atoms with Gasteiger partial charge >= 0.3 is 0 Å². The van der Waals surface area contributed by atoms with Crippen LogP contribution in [0.4, 0.5) is 5.69 Å². The lowest BCUT2D eigenvalue weighted by atomic mass is 10.1. The maximum absolute atomic E-state index is 11.7. The van der Waals surface area contributed by atoms with Crippen LogP contribution in [0.1, 0.15) is 38.5 Å². The summed E-state index contributed by atoms with van der Waals surface area (Å²) in [5, 5.41) is 11.5. The highest BCUT2D eigenvalue weighted by Gasteiger charge is 2.02.